The molecule has 0 aliphatic carbocycles. The van der Waals surface area contributed by atoms with Gasteiger partial charge in [0.25, 0.3) is 0 Å². The van der Waals surface area contributed by atoms with E-state index in [1.54, 1.807) is 23.5 Å². The molecule has 0 amide bonds. The third kappa shape index (κ3) is 7.48. The lowest BCUT2D eigenvalue weighted by Gasteiger charge is -2.11. The summed E-state index contributed by atoms with van der Waals surface area (Å²) >= 11 is 1.68. The number of aromatic nitrogens is 1. The molecule has 0 radical (unpaired) electrons. The number of phenolic OH excluding ortho intramolecular Hbond substituents is 1. The van der Waals surface area contributed by atoms with Crippen molar-refractivity contribution < 1.29 is 5.11 Å². The first-order chi connectivity index (χ1) is 11.2. The molecule has 0 saturated carbocycles. The van der Waals surface area contributed by atoms with Crippen molar-refractivity contribution in [3.05, 3.63) is 45.9 Å². The van der Waals surface area contributed by atoms with Crippen molar-refractivity contribution in [1.29, 1.82) is 0 Å². The normalized spacial score (nSPS) is 11.0. The van der Waals surface area contributed by atoms with Crippen LogP contribution in [0.4, 0.5) is 0 Å². The maximum Gasteiger partial charge on any atom is 0.191 e. The van der Waals surface area contributed by atoms with Gasteiger partial charge in [-0.05, 0) is 44.4 Å². The van der Waals surface area contributed by atoms with Crippen LogP contribution in [0.2, 0.25) is 0 Å². The van der Waals surface area contributed by atoms with Crippen LogP contribution in [0.15, 0.2) is 35.5 Å². The maximum atomic E-state index is 9.27. The fourth-order valence-corrected chi connectivity index (χ4v) is 2.84. The molecule has 2 rings (SSSR count). The highest BCUT2D eigenvalue weighted by Gasteiger charge is 2.01. The average molecular weight is 460 g/mol. The second-order valence-corrected chi connectivity index (χ2v) is 6.58. The third-order valence-corrected chi connectivity index (χ3v) is 4.15. The summed E-state index contributed by atoms with van der Waals surface area (Å²) in [5, 5.41) is 16.9. The Hall–Kier alpha value is -1.35. The zero-order valence-corrected chi connectivity index (χ0v) is 17.2. The number of hydrogen-bond acceptors (Lipinski definition) is 4. The van der Waals surface area contributed by atoms with E-state index < -0.39 is 0 Å². The van der Waals surface area contributed by atoms with E-state index >= 15 is 0 Å². The number of phenols is 1. The van der Waals surface area contributed by atoms with Crippen LogP contribution in [-0.2, 0) is 13.0 Å². The Morgan fingerprint density at radius 3 is 2.62 bits per heavy atom. The van der Waals surface area contributed by atoms with Gasteiger partial charge in [0.05, 0.1) is 6.54 Å². The summed E-state index contributed by atoms with van der Waals surface area (Å²) in [6.45, 7) is 6.40. The molecule has 0 saturated heterocycles. The Balaban J connectivity index is 0.00000288. The highest BCUT2D eigenvalue weighted by atomic mass is 127. The third-order valence-electron chi connectivity index (χ3n) is 3.26. The molecule has 0 unspecified atom stereocenters. The van der Waals surface area contributed by atoms with E-state index in [1.807, 2.05) is 18.3 Å². The van der Waals surface area contributed by atoms with Gasteiger partial charge in [0.1, 0.15) is 10.8 Å². The van der Waals surface area contributed by atoms with E-state index in [1.165, 1.54) is 10.4 Å². The molecule has 0 aliphatic rings. The monoisotopic (exact) mass is 460 g/mol. The molecule has 0 bridgehead atoms. The first-order valence-electron chi connectivity index (χ1n) is 7.88. The van der Waals surface area contributed by atoms with Crippen LogP contribution in [0.25, 0.3) is 0 Å². The van der Waals surface area contributed by atoms with E-state index in [0.29, 0.717) is 12.3 Å². The Morgan fingerprint density at radius 2 is 2.00 bits per heavy atom. The Kier molecular flexibility index (Phi) is 9.70. The van der Waals surface area contributed by atoms with Gasteiger partial charge in [-0.3, -0.25) is 0 Å². The van der Waals surface area contributed by atoms with Crippen LogP contribution in [0, 0.1) is 6.92 Å². The van der Waals surface area contributed by atoms with Gasteiger partial charge in [0.15, 0.2) is 5.96 Å². The Bertz CT molecular complexity index is 628. The number of benzene rings is 1. The van der Waals surface area contributed by atoms with Crippen LogP contribution in [0.3, 0.4) is 0 Å². The van der Waals surface area contributed by atoms with E-state index in [4.69, 9.17) is 0 Å². The van der Waals surface area contributed by atoms with E-state index in [9.17, 15) is 5.11 Å². The summed E-state index contributed by atoms with van der Waals surface area (Å²) in [4.78, 5) is 10.1. The molecule has 3 N–H and O–H groups in total. The number of thiazole rings is 1. The summed E-state index contributed by atoms with van der Waals surface area (Å²) in [5.74, 6) is 1.14. The van der Waals surface area contributed by atoms with Crippen LogP contribution in [0.1, 0.15) is 28.8 Å². The van der Waals surface area contributed by atoms with Gasteiger partial charge >= 0.3 is 0 Å². The molecule has 2 aromatic rings. The highest BCUT2D eigenvalue weighted by molar-refractivity contribution is 14.0. The van der Waals surface area contributed by atoms with E-state index in [0.717, 1.165) is 36.9 Å². The highest BCUT2D eigenvalue weighted by Crippen LogP contribution is 2.12. The molecular weight excluding hydrogens is 435 g/mol. The van der Waals surface area contributed by atoms with Crippen molar-refractivity contribution in [2.24, 2.45) is 4.99 Å². The number of aryl methyl sites for hydroxylation is 2. The molecule has 24 heavy (non-hydrogen) atoms. The van der Waals surface area contributed by atoms with Crippen molar-refractivity contribution >= 4 is 41.3 Å². The van der Waals surface area contributed by atoms with Gasteiger partial charge in [-0.2, -0.15) is 0 Å². The fraction of sp³-hybridized carbons (Fsp3) is 0.412. The van der Waals surface area contributed by atoms with Gasteiger partial charge < -0.3 is 15.7 Å². The largest absolute Gasteiger partial charge is 0.508 e. The lowest BCUT2D eigenvalue weighted by atomic mass is 10.1. The lowest BCUT2D eigenvalue weighted by Crippen LogP contribution is -2.37. The van der Waals surface area contributed by atoms with Crippen molar-refractivity contribution in [2.45, 2.75) is 33.2 Å². The van der Waals surface area contributed by atoms with Crippen LogP contribution in [0.5, 0.6) is 5.75 Å². The maximum absolute atomic E-state index is 9.27. The molecule has 5 nitrogen and oxygen atoms in total. The Morgan fingerprint density at radius 1 is 1.25 bits per heavy atom. The van der Waals surface area contributed by atoms with Gasteiger partial charge in [-0.25, -0.2) is 9.98 Å². The number of hydrogen-bond donors (Lipinski definition) is 3. The molecular formula is C17H25IN4OS. The molecule has 0 fully saturated rings. The summed E-state index contributed by atoms with van der Waals surface area (Å²) in [6, 6.07) is 7.37. The molecule has 1 heterocycles. The van der Waals surface area contributed by atoms with Gasteiger partial charge in [0, 0.05) is 24.2 Å². The molecule has 132 valence electrons. The second kappa shape index (κ2) is 11.2. The quantitative estimate of drug-likeness (QED) is 0.256. The molecule has 0 aliphatic heterocycles. The molecule has 0 atom stereocenters. The van der Waals surface area contributed by atoms with Crippen molar-refractivity contribution in [1.82, 2.24) is 15.6 Å². The summed E-state index contributed by atoms with van der Waals surface area (Å²) < 4.78 is 0. The zero-order valence-electron chi connectivity index (χ0n) is 14.1. The summed E-state index contributed by atoms with van der Waals surface area (Å²) in [5.41, 5.74) is 1.23. The molecule has 1 aromatic carbocycles. The Labute approximate surface area is 164 Å². The number of nitrogens with one attached hydrogen (secondary N) is 2. The van der Waals surface area contributed by atoms with Crippen molar-refractivity contribution in [2.75, 3.05) is 13.1 Å². The minimum absolute atomic E-state index is 0. The summed E-state index contributed by atoms with van der Waals surface area (Å²) in [7, 11) is 0. The number of aromatic hydroxyl groups is 1. The van der Waals surface area contributed by atoms with Crippen LogP contribution < -0.4 is 10.6 Å². The standard InChI is InChI=1S/C17H24N4OS.HI/c1-3-18-17(21-12-16-20-11-13(2)23-16)19-10-4-5-14-6-8-15(22)9-7-14;/h6-9,11,22H,3-5,10,12H2,1-2H3,(H2,18,19,21);1H. The van der Waals surface area contributed by atoms with E-state index in [2.05, 4.69) is 34.5 Å². The first-order valence-corrected chi connectivity index (χ1v) is 8.70. The van der Waals surface area contributed by atoms with Gasteiger partial charge in [-0.1, -0.05) is 12.1 Å². The SMILES string of the molecule is CCNC(=NCc1ncc(C)s1)NCCCc1ccc(O)cc1.I. The van der Waals surface area contributed by atoms with Crippen molar-refractivity contribution in [3.63, 3.8) is 0 Å². The molecule has 1 aromatic heterocycles. The minimum Gasteiger partial charge on any atom is -0.508 e. The van der Waals surface area contributed by atoms with Gasteiger partial charge in [0.2, 0.25) is 0 Å². The van der Waals surface area contributed by atoms with Crippen LogP contribution >= 0.6 is 35.3 Å². The zero-order chi connectivity index (χ0) is 16.5. The number of guanidine groups is 1. The smallest absolute Gasteiger partial charge is 0.191 e. The number of rotatable bonds is 7. The van der Waals surface area contributed by atoms with Crippen LogP contribution in [-0.4, -0.2) is 29.1 Å². The molecule has 0 spiro atoms. The molecule has 7 heteroatoms. The summed E-state index contributed by atoms with van der Waals surface area (Å²) in [6.07, 6.45) is 3.86. The van der Waals surface area contributed by atoms with Gasteiger partial charge in [-0.15, -0.1) is 35.3 Å². The number of nitrogens with zero attached hydrogens (tertiary/aromatic N) is 2. The topological polar surface area (TPSA) is 69.5 Å². The average Bonchev–Trinajstić information content (AvgIpc) is 2.96. The lowest BCUT2D eigenvalue weighted by molar-refractivity contribution is 0.475. The first kappa shape index (κ1) is 20.7. The van der Waals surface area contributed by atoms with E-state index in [-0.39, 0.29) is 24.0 Å². The minimum atomic E-state index is 0. The number of halogens is 1. The fourth-order valence-electron chi connectivity index (χ4n) is 2.12. The second-order valence-electron chi connectivity index (χ2n) is 5.26. The number of aliphatic imine (C=N–C) groups is 1. The predicted octanol–water partition coefficient (Wildman–Crippen LogP) is 3.46. The predicted molar refractivity (Wildman–Crippen MR) is 112 cm³/mol. The van der Waals surface area contributed by atoms with Crippen molar-refractivity contribution in [3.8, 4) is 5.75 Å².